The molecule has 0 aliphatic carbocycles. The highest BCUT2D eigenvalue weighted by Gasteiger charge is 2.35. The van der Waals surface area contributed by atoms with Crippen LogP contribution in [0.5, 0.6) is 0 Å². The highest BCUT2D eigenvalue weighted by atomic mass is 15.1. The number of rotatable bonds is 1. The maximum atomic E-state index is 4.25. The van der Waals surface area contributed by atoms with E-state index < -0.39 is 0 Å². The van der Waals surface area contributed by atoms with Gasteiger partial charge in [-0.3, -0.25) is 4.98 Å². The normalized spacial score (nSPS) is 14.2. The topological polar surface area (TPSA) is 20.0 Å². The third-order valence-corrected chi connectivity index (χ3v) is 3.79. The summed E-state index contributed by atoms with van der Waals surface area (Å²) in [4.78, 5) is 6.54. The molecule has 94 valence electrons. The van der Waals surface area contributed by atoms with Gasteiger partial charge in [-0.15, -0.1) is 0 Å². The number of aryl methyl sites for hydroxylation is 1. The van der Waals surface area contributed by atoms with Gasteiger partial charge in [0.25, 0.3) is 0 Å². The minimum absolute atomic E-state index is 0.267. The Labute approximate surface area is 114 Å². The van der Waals surface area contributed by atoms with E-state index in [1.165, 1.54) is 22.3 Å². The Morgan fingerprint density at radius 3 is 2.89 bits per heavy atom. The Kier molecular flexibility index (Phi) is 2.86. The predicted molar refractivity (Wildman–Crippen MR) is 79.3 cm³/mol. The molecule has 1 aliphatic rings. The molecule has 2 aromatic heterocycles. The third-order valence-electron chi connectivity index (χ3n) is 3.79. The molecule has 0 unspecified atom stereocenters. The summed E-state index contributed by atoms with van der Waals surface area (Å²) in [6.45, 7) is 2.46. The van der Waals surface area contributed by atoms with E-state index in [2.05, 4.69) is 71.9 Å². The van der Waals surface area contributed by atoms with Crippen molar-refractivity contribution in [2.45, 2.75) is 6.92 Å². The number of nitrogens with zero attached hydrogens (tertiary/aromatic N) is 3. The third kappa shape index (κ3) is 1.93. The molecule has 19 heavy (non-hydrogen) atoms. The van der Waals surface area contributed by atoms with Gasteiger partial charge in [0.2, 0.25) is 0 Å². The summed E-state index contributed by atoms with van der Waals surface area (Å²) in [6.07, 6.45) is 8.14. The zero-order valence-electron chi connectivity index (χ0n) is 11.5. The Morgan fingerprint density at radius 1 is 1.26 bits per heavy atom. The highest BCUT2D eigenvalue weighted by molar-refractivity contribution is 6.82. The van der Waals surface area contributed by atoms with Gasteiger partial charge < -0.3 is 4.81 Å². The van der Waals surface area contributed by atoms with Crippen LogP contribution in [0.1, 0.15) is 12.5 Å². The highest BCUT2D eigenvalue weighted by Crippen LogP contribution is 2.28. The van der Waals surface area contributed by atoms with Crippen LogP contribution < -0.4 is 15.0 Å². The van der Waals surface area contributed by atoms with Gasteiger partial charge in [0.15, 0.2) is 11.8 Å². The second-order valence-corrected chi connectivity index (χ2v) is 5.07. The first kappa shape index (κ1) is 12.0. The van der Waals surface area contributed by atoms with Crippen LogP contribution in [-0.2, 0) is 7.05 Å². The standard InChI is InChI=1S/C15H17BN3/c1-12-10-13-7-8-17-11-14(13)19(3)16(12)15-6-4-5-9-18(15)2/h4-11H,1-3H3/q+1. The van der Waals surface area contributed by atoms with Gasteiger partial charge in [0.05, 0.1) is 5.69 Å². The van der Waals surface area contributed by atoms with Gasteiger partial charge in [0, 0.05) is 18.5 Å². The molecule has 0 radical (unpaired) electrons. The molecule has 3 heterocycles. The molecule has 0 amide bonds. The molecule has 0 saturated heterocycles. The molecule has 0 bridgehead atoms. The van der Waals surface area contributed by atoms with E-state index >= 15 is 0 Å². The average Bonchev–Trinajstić information content (AvgIpc) is 2.41. The van der Waals surface area contributed by atoms with Crippen LogP contribution in [0.4, 0.5) is 5.69 Å². The molecule has 0 N–H and O–H groups in total. The Hall–Kier alpha value is -2.10. The SMILES string of the molecule is CC1=Cc2ccncc2N(C)B1c1cccc[n+]1C. The smallest absolute Gasteiger partial charge is 0.399 e. The quantitative estimate of drug-likeness (QED) is 0.559. The van der Waals surface area contributed by atoms with Crippen molar-refractivity contribution in [3.63, 3.8) is 0 Å². The van der Waals surface area contributed by atoms with Gasteiger partial charge in [-0.05, 0) is 31.7 Å². The minimum atomic E-state index is 0.267. The van der Waals surface area contributed by atoms with E-state index in [0.29, 0.717) is 0 Å². The number of allylic oxidation sites excluding steroid dienone is 1. The van der Waals surface area contributed by atoms with E-state index in [1.54, 1.807) is 0 Å². The number of hydrogen-bond acceptors (Lipinski definition) is 2. The van der Waals surface area contributed by atoms with Crippen LogP contribution in [0.25, 0.3) is 6.08 Å². The van der Waals surface area contributed by atoms with Crippen molar-refractivity contribution in [2.24, 2.45) is 7.05 Å². The van der Waals surface area contributed by atoms with E-state index in [1.807, 2.05) is 12.4 Å². The summed E-state index contributed by atoms with van der Waals surface area (Å²) < 4.78 is 2.18. The van der Waals surface area contributed by atoms with Crippen molar-refractivity contribution in [1.29, 1.82) is 0 Å². The lowest BCUT2D eigenvalue weighted by molar-refractivity contribution is -0.654. The molecule has 0 aromatic carbocycles. The monoisotopic (exact) mass is 250 g/mol. The van der Waals surface area contributed by atoms with Crippen LogP contribution in [0.15, 0.2) is 48.3 Å². The van der Waals surface area contributed by atoms with Crippen molar-refractivity contribution in [3.8, 4) is 0 Å². The Morgan fingerprint density at radius 2 is 2.11 bits per heavy atom. The van der Waals surface area contributed by atoms with Crippen LogP contribution in [0, 0.1) is 0 Å². The van der Waals surface area contributed by atoms with E-state index in [0.717, 1.165) is 0 Å². The van der Waals surface area contributed by atoms with Gasteiger partial charge >= 0.3 is 6.85 Å². The molecule has 0 fully saturated rings. The maximum absolute atomic E-state index is 4.25. The second-order valence-electron chi connectivity index (χ2n) is 5.07. The molecule has 0 atom stereocenters. The van der Waals surface area contributed by atoms with Gasteiger partial charge in [-0.2, -0.15) is 0 Å². The lowest BCUT2D eigenvalue weighted by Crippen LogP contribution is -2.61. The molecular weight excluding hydrogens is 233 g/mol. The van der Waals surface area contributed by atoms with Crippen molar-refractivity contribution >= 4 is 24.2 Å². The fourth-order valence-electron chi connectivity index (χ4n) is 2.83. The number of aromatic nitrogens is 2. The predicted octanol–water partition coefficient (Wildman–Crippen LogP) is 1.20. The summed E-state index contributed by atoms with van der Waals surface area (Å²) in [7, 11) is 4.23. The van der Waals surface area contributed by atoms with Gasteiger partial charge in [-0.1, -0.05) is 17.6 Å². The number of pyridine rings is 2. The van der Waals surface area contributed by atoms with Crippen molar-refractivity contribution in [3.05, 3.63) is 53.9 Å². The number of anilines is 1. The molecule has 2 aromatic rings. The molecule has 1 aliphatic heterocycles. The fraction of sp³-hybridized carbons (Fsp3) is 0.200. The number of hydrogen-bond donors (Lipinski definition) is 0. The summed E-state index contributed by atoms with van der Waals surface area (Å²) in [5.74, 6) is 0. The second kappa shape index (κ2) is 4.54. The summed E-state index contributed by atoms with van der Waals surface area (Å²) in [6, 6.07) is 8.40. The summed E-state index contributed by atoms with van der Waals surface area (Å²) >= 11 is 0. The lowest BCUT2D eigenvalue weighted by Gasteiger charge is -2.31. The first-order valence-corrected chi connectivity index (χ1v) is 6.48. The minimum Gasteiger partial charge on any atom is -0.403 e. The van der Waals surface area contributed by atoms with E-state index in [4.69, 9.17) is 0 Å². The van der Waals surface area contributed by atoms with E-state index in [9.17, 15) is 0 Å². The molecule has 0 saturated carbocycles. The molecular formula is C15H17BN3+. The summed E-state index contributed by atoms with van der Waals surface area (Å²) in [5, 5.41) is 0. The lowest BCUT2D eigenvalue weighted by atomic mass is 9.49. The first-order valence-electron chi connectivity index (χ1n) is 6.48. The van der Waals surface area contributed by atoms with Crippen LogP contribution >= 0.6 is 0 Å². The zero-order valence-corrected chi connectivity index (χ0v) is 11.5. The van der Waals surface area contributed by atoms with Gasteiger partial charge in [-0.25, -0.2) is 4.57 Å². The van der Waals surface area contributed by atoms with E-state index in [-0.39, 0.29) is 6.85 Å². The number of fused-ring (bicyclic) bond motifs is 1. The maximum Gasteiger partial charge on any atom is 0.399 e. The molecule has 3 nitrogen and oxygen atoms in total. The average molecular weight is 250 g/mol. The van der Waals surface area contributed by atoms with Crippen molar-refractivity contribution < 1.29 is 4.57 Å². The largest absolute Gasteiger partial charge is 0.403 e. The van der Waals surface area contributed by atoms with Crippen molar-refractivity contribution in [1.82, 2.24) is 4.98 Å². The Balaban J connectivity index is 2.13. The van der Waals surface area contributed by atoms with Crippen LogP contribution in [0.3, 0.4) is 0 Å². The molecule has 0 spiro atoms. The van der Waals surface area contributed by atoms with Crippen LogP contribution in [-0.4, -0.2) is 18.9 Å². The zero-order chi connectivity index (χ0) is 13.4. The molecule has 4 heteroatoms. The fourth-order valence-corrected chi connectivity index (χ4v) is 2.83. The van der Waals surface area contributed by atoms with Crippen LogP contribution in [0.2, 0.25) is 0 Å². The molecule has 3 rings (SSSR count). The first-order chi connectivity index (χ1) is 9.18. The van der Waals surface area contributed by atoms with Gasteiger partial charge in [0.1, 0.15) is 7.05 Å². The van der Waals surface area contributed by atoms with Crippen molar-refractivity contribution in [2.75, 3.05) is 11.9 Å². The Bertz CT molecular complexity index is 651. The summed E-state index contributed by atoms with van der Waals surface area (Å²) in [5.41, 5.74) is 5.06.